The first-order valence-corrected chi connectivity index (χ1v) is 5.31. The van der Waals surface area contributed by atoms with Gasteiger partial charge in [0.15, 0.2) is 0 Å². The monoisotopic (exact) mass is 206 g/mol. The van der Waals surface area contributed by atoms with Crippen LogP contribution < -0.4 is 4.74 Å². The highest BCUT2D eigenvalue weighted by atomic mass is 16.5. The van der Waals surface area contributed by atoms with Crippen molar-refractivity contribution < 1.29 is 9.47 Å². The second-order valence-electron chi connectivity index (χ2n) is 5.12. The molecule has 0 radical (unpaired) electrons. The average molecular weight is 206 g/mol. The van der Waals surface area contributed by atoms with Gasteiger partial charge in [0.1, 0.15) is 5.75 Å². The Hall–Kier alpha value is -1.02. The highest BCUT2D eigenvalue weighted by Gasteiger charge is 2.33. The van der Waals surface area contributed by atoms with Crippen molar-refractivity contribution in [1.82, 2.24) is 0 Å². The third kappa shape index (κ3) is 1.86. The number of benzene rings is 1. The van der Waals surface area contributed by atoms with Gasteiger partial charge in [-0.15, -0.1) is 0 Å². The van der Waals surface area contributed by atoms with E-state index in [-0.39, 0.29) is 11.5 Å². The normalized spacial score (nSPS) is 20.1. The Kier molecular flexibility index (Phi) is 2.47. The first-order chi connectivity index (χ1) is 7.02. The lowest BCUT2D eigenvalue weighted by Crippen LogP contribution is -2.17. The summed E-state index contributed by atoms with van der Waals surface area (Å²) in [5, 5.41) is 0. The predicted molar refractivity (Wildman–Crippen MR) is 60.0 cm³/mol. The molecule has 0 N–H and O–H groups in total. The van der Waals surface area contributed by atoms with Gasteiger partial charge in [0.25, 0.3) is 0 Å². The van der Waals surface area contributed by atoms with E-state index in [1.54, 1.807) is 7.11 Å². The smallest absolute Gasteiger partial charge is 0.119 e. The molecule has 0 saturated carbocycles. The fraction of sp³-hybridized carbons (Fsp3) is 0.538. The van der Waals surface area contributed by atoms with Crippen molar-refractivity contribution in [2.24, 2.45) is 5.41 Å². The molecule has 1 aliphatic heterocycles. The minimum Gasteiger partial charge on any atom is -0.497 e. The number of hydrogen-bond donors (Lipinski definition) is 0. The van der Waals surface area contributed by atoms with Crippen LogP contribution in [-0.4, -0.2) is 7.11 Å². The standard InChI is InChI=1S/C13H18O2/c1-13(2,3)12-11-7-10(14-4)6-5-9(11)8-15-12/h5-7,12H,8H2,1-4H3. The summed E-state index contributed by atoms with van der Waals surface area (Å²) in [6.07, 6.45) is 0.183. The molecule has 15 heavy (non-hydrogen) atoms. The molecule has 0 saturated heterocycles. The number of rotatable bonds is 1. The van der Waals surface area contributed by atoms with Gasteiger partial charge in [-0.2, -0.15) is 0 Å². The van der Waals surface area contributed by atoms with Gasteiger partial charge in [-0.25, -0.2) is 0 Å². The molecule has 2 heteroatoms. The van der Waals surface area contributed by atoms with Crippen molar-refractivity contribution in [3.8, 4) is 5.75 Å². The van der Waals surface area contributed by atoms with E-state index >= 15 is 0 Å². The van der Waals surface area contributed by atoms with Gasteiger partial charge in [0.05, 0.1) is 19.8 Å². The quantitative estimate of drug-likeness (QED) is 0.701. The average Bonchev–Trinajstić information content (AvgIpc) is 2.59. The summed E-state index contributed by atoms with van der Waals surface area (Å²) < 4.78 is 11.1. The Morgan fingerprint density at radius 1 is 1.33 bits per heavy atom. The molecule has 0 bridgehead atoms. The Bertz CT molecular complexity index is 363. The van der Waals surface area contributed by atoms with Crippen LogP contribution in [-0.2, 0) is 11.3 Å². The predicted octanol–water partition coefficient (Wildman–Crippen LogP) is 3.31. The zero-order chi connectivity index (χ0) is 11.1. The first-order valence-electron chi connectivity index (χ1n) is 5.31. The van der Waals surface area contributed by atoms with Crippen molar-refractivity contribution >= 4 is 0 Å². The molecular formula is C13H18O2. The maximum absolute atomic E-state index is 5.83. The van der Waals surface area contributed by atoms with Crippen LogP contribution >= 0.6 is 0 Å². The van der Waals surface area contributed by atoms with Gasteiger partial charge in [-0.1, -0.05) is 26.8 Å². The second kappa shape index (κ2) is 3.53. The van der Waals surface area contributed by atoms with Crippen molar-refractivity contribution in [3.05, 3.63) is 29.3 Å². The number of fused-ring (bicyclic) bond motifs is 1. The van der Waals surface area contributed by atoms with Crippen molar-refractivity contribution in [2.75, 3.05) is 7.11 Å². The molecule has 1 aromatic rings. The molecule has 82 valence electrons. The van der Waals surface area contributed by atoms with E-state index in [1.165, 1.54) is 11.1 Å². The van der Waals surface area contributed by atoms with Gasteiger partial charge in [-0.3, -0.25) is 0 Å². The summed E-state index contributed by atoms with van der Waals surface area (Å²) in [5.41, 5.74) is 2.70. The molecule has 1 unspecified atom stereocenters. The van der Waals surface area contributed by atoms with Gasteiger partial charge in [0.2, 0.25) is 0 Å². The van der Waals surface area contributed by atoms with E-state index < -0.39 is 0 Å². The third-order valence-corrected chi connectivity index (χ3v) is 2.83. The lowest BCUT2D eigenvalue weighted by atomic mass is 9.84. The molecule has 2 rings (SSSR count). The van der Waals surface area contributed by atoms with Crippen LogP contribution in [0.4, 0.5) is 0 Å². The zero-order valence-electron chi connectivity index (χ0n) is 9.83. The van der Waals surface area contributed by atoms with Gasteiger partial charge in [0, 0.05) is 0 Å². The molecule has 0 spiro atoms. The van der Waals surface area contributed by atoms with E-state index in [9.17, 15) is 0 Å². The Labute approximate surface area is 91.2 Å². The first kappa shape index (κ1) is 10.5. The molecular weight excluding hydrogens is 188 g/mol. The van der Waals surface area contributed by atoms with Crippen LogP contribution in [0.1, 0.15) is 38.0 Å². The fourth-order valence-corrected chi connectivity index (χ4v) is 2.05. The van der Waals surface area contributed by atoms with Crippen LogP contribution in [0.15, 0.2) is 18.2 Å². The van der Waals surface area contributed by atoms with Crippen LogP contribution in [0.25, 0.3) is 0 Å². The summed E-state index contributed by atoms with van der Waals surface area (Å²) in [6, 6.07) is 6.19. The molecule has 0 aromatic heterocycles. The van der Waals surface area contributed by atoms with Gasteiger partial charge < -0.3 is 9.47 Å². The molecule has 1 aliphatic rings. The van der Waals surface area contributed by atoms with Gasteiger partial charge in [-0.05, 0) is 28.7 Å². The number of hydrogen-bond acceptors (Lipinski definition) is 2. The minimum absolute atomic E-state index is 0.137. The van der Waals surface area contributed by atoms with Crippen LogP contribution in [0.3, 0.4) is 0 Å². The molecule has 0 aliphatic carbocycles. The van der Waals surface area contributed by atoms with E-state index in [0.29, 0.717) is 0 Å². The molecule has 1 atom stereocenters. The number of ether oxygens (including phenoxy) is 2. The Morgan fingerprint density at radius 3 is 2.67 bits per heavy atom. The SMILES string of the molecule is COc1ccc2c(c1)C(C(C)(C)C)OC2. The maximum Gasteiger partial charge on any atom is 0.119 e. The molecule has 2 nitrogen and oxygen atoms in total. The minimum atomic E-state index is 0.137. The largest absolute Gasteiger partial charge is 0.497 e. The third-order valence-electron chi connectivity index (χ3n) is 2.83. The van der Waals surface area contributed by atoms with Crippen LogP contribution in [0.5, 0.6) is 5.75 Å². The number of methoxy groups -OCH3 is 1. The van der Waals surface area contributed by atoms with Crippen molar-refractivity contribution in [2.45, 2.75) is 33.5 Å². The fourth-order valence-electron chi connectivity index (χ4n) is 2.05. The summed E-state index contributed by atoms with van der Waals surface area (Å²) >= 11 is 0. The van der Waals surface area contributed by atoms with E-state index in [1.807, 2.05) is 6.07 Å². The Balaban J connectivity index is 2.40. The lowest BCUT2D eigenvalue weighted by molar-refractivity contribution is -0.00794. The lowest BCUT2D eigenvalue weighted by Gasteiger charge is -2.26. The molecule has 1 heterocycles. The Morgan fingerprint density at radius 2 is 2.07 bits per heavy atom. The van der Waals surface area contributed by atoms with E-state index in [4.69, 9.17) is 9.47 Å². The summed E-state index contributed by atoms with van der Waals surface area (Å²) in [4.78, 5) is 0. The maximum atomic E-state index is 5.83. The van der Waals surface area contributed by atoms with E-state index in [2.05, 4.69) is 32.9 Å². The summed E-state index contributed by atoms with van der Waals surface area (Å²) in [7, 11) is 1.70. The summed E-state index contributed by atoms with van der Waals surface area (Å²) in [5.74, 6) is 0.911. The van der Waals surface area contributed by atoms with Gasteiger partial charge >= 0.3 is 0 Å². The second-order valence-corrected chi connectivity index (χ2v) is 5.12. The van der Waals surface area contributed by atoms with Crippen molar-refractivity contribution in [1.29, 1.82) is 0 Å². The van der Waals surface area contributed by atoms with Crippen LogP contribution in [0, 0.1) is 5.41 Å². The van der Waals surface area contributed by atoms with Crippen LogP contribution in [0.2, 0.25) is 0 Å². The molecule has 0 amide bonds. The van der Waals surface area contributed by atoms with Crippen molar-refractivity contribution in [3.63, 3.8) is 0 Å². The molecule has 0 fully saturated rings. The zero-order valence-corrected chi connectivity index (χ0v) is 9.83. The highest BCUT2D eigenvalue weighted by molar-refractivity contribution is 5.39. The topological polar surface area (TPSA) is 18.5 Å². The van der Waals surface area contributed by atoms with E-state index in [0.717, 1.165) is 12.4 Å². The summed E-state index contributed by atoms with van der Waals surface area (Å²) in [6.45, 7) is 7.33. The molecule has 1 aromatic carbocycles. The highest BCUT2D eigenvalue weighted by Crippen LogP contribution is 2.43.